The Morgan fingerprint density at radius 2 is 1.77 bits per heavy atom. The maximum absolute atomic E-state index is 9.04. The fraction of sp³-hybridized carbons (Fsp3) is 0. The van der Waals surface area contributed by atoms with Crippen LogP contribution in [0.1, 0.15) is 5.56 Å². The highest BCUT2D eigenvalue weighted by Crippen LogP contribution is 2.15. The van der Waals surface area contributed by atoms with Crippen LogP contribution in [0.4, 0.5) is 0 Å². The molecule has 0 fully saturated rings. The summed E-state index contributed by atoms with van der Waals surface area (Å²) < 4.78 is 8.74. The van der Waals surface area contributed by atoms with Gasteiger partial charge in [-0.15, -0.1) is 0 Å². The molecule has 0 spiro atoms. The zero-order valence-corrected chi connectivity index (χ0v) is 7.84. The minimum atomic E-state index is -3.13. The van der Waals surface area contributed by atoms with Crippen LogP contribution in [-0.2, 0) is 4.57 Å². The van der Waals surface area contributed by atoms with Gasteiger partial charge in [0.1, 0.15) is 5.75 Å². The summed E-state index contributed by atoms with van der Waals surface area (Å²) in [5, 5.41) is 9.04. The van der Waals surface area contributed by atoms with Gasteiger partial charge in [-0.2, -0.15) is 0 Å². The van der Waals surface area contributed by atoms with Crippen molar-refractivity contribution in [2.45, 2.75) is 0 Å². The Morgan fingerprint density at radius 3 is 2.08 bits per heavy atom. The first-order valence-corrected chi connectivity index (χ1v) is 4.70. The second-order valence-electron chi connectivity index (χ2n) is 2.05. The van der Waals surface area contributed by atoms with Crippen LogP contribution in [0, 0.1) is 0 Å². The molecule has 1 aromatic rings. The third kappa shape index (κ3) is 6.11. The third-order valence-corrected chi connectivity index (χ3v) is 1.16. The van der Waals surface area contributed by atoms with Crippen molar-refractivity contribution in [2.24, 2.45) is 0 Å². The minimum Gasteiger partial charge on any atom is -0.507 e. The molecule has 72 valence electrons. The predicted molar refractivity (Wildman–Crippen MR) is 51.6 cm³/mol. The van der Waals surface area contributed by atoms with Gasteiger partial charge in [0.15, 0.2) is 0 Å². The number of hydrogen-bond acceptors (Lipinski definition) is 2. The van der Waals surface area contributed by atoms with Gasteiger partial charge >= 0.3 is 8.25 Å². The zero-order valence-electron chi connectivity index (χ0n) is 6.84. The number of benzene rings is 1. The van der Waals surface area contributed by atoms with Gasteiger partial charge < -0.3 is 14.9 Å². The topological polar surface area (TPSA) is 77.8 Å². The first kappa shape index (κ1) is 11.9. The number of rotatable bonds is 1. The molecule has 0 heterocycles. The summed E-state index contributed by atoms with van der Waals surface area (Å²) in [4.78, 5) is 14.3. The predicted octanol–water partition coefficient (Wildman–Crippen LogP) is 1.40. The van der Waals surface area contributed by atoms with Crippen LogP contribution in [0.5, 0.6) is 5.75 Å². The van der Waals surface area contributed by atoms with Crippen molar-refractivity contribution in [2.75, 3.05) is 0 Å². The summed E-state index contributed by atoms with van der Waals surface area (Å²) >= 11 is 0. The van der Waals surface area contributed by atoms with Crippen LogP contribution in [0.15, 0.2) is 30.8 Å². The smallest absolute Gasteiger partial charge is 0.314 e. The molecule has 3 N–H and O–H groups in total. The molecule has 0 amide bonds. The van der Waals surface area contributed by atoms with Crippen molar-refractivity contribution in [3.8, 4) is 5.75 Å². The minimum absolute atomic E-state index is 0.285. The highest BCUT2D eigenvalue weighted by Gasteiger charge is 1.89. The molecule has 0 aliphatic heterocycles. The fourth-order valence-electron chi connectivity index (χ4n) is 0.660. The average molecular weight is 202 g/mol. The molecule has 0 aliphatic carbocycles. The number of hydrogen-bond donors (Lipinski definition) is 3. The molecular formula is C8H11O4P. The van der Waals surface area contributed by atoms with E-state index in [0.717, 1.165) is 5.56 Å². The Bertz CT molecular complexity index is 294. The lowest BCUT2D eigenvalue weighted by Gasteiger charge is -1.93. The van der Waals surface area contributed by atoms with Crippen LogP contribution in [0.3, 0.4) is 0 Å². The lowest BCUT2D eigenvalue weighted by atomic mass is 10.2. The normalized spacial score (nSPS) is 8.85. The van der Waals surface area contributed by atoms with E-state index in [1.807, 2.05) is 12.1 Å². The van der Waals surface area contributed by atoms with Gasteiger partial charge in [0, 0.05) is 5.56 Å². The van der Waals surface area contributed by atoms with Crippen LogP contribution in [-0.4, -0.2) is 14.9 Å². The summed E-state index contributed by atoms with van der Waals surface area (Å²) in [5.41, 5.74) is 0.775. The number of aromatic hydroxyl groups is 1. The molecule has 1 aromatic carbocycles. The SMILES string of the molecule is C=Cc1ccccc1O.O=[PH](O)O. The van der Waals surface area contributed by atoms with Crippen molar-refractivity contribution >= 4 is 14.3 Å². The van der Waals surface area contributed by atoms with E-state index in [1.54, 1.807) is 18.2 Å². The van der Waals surface area contributed by atoms with E-state index >= 15 is 0 Å². The Balaban J connectivity index is 0.000000310. The molecule has 0 saturated heterocycles. The zero-order chi connectivity index (χ0) is 10.3. The van der Waals surface area contributed by atoms with Crippen LogP contribution in [0.2, 0.25) is 0 Å². The van der Waals surface area contributed by atoms with Crippen LogP contribution >= 0.6 is 8.25 Å². The lowest BCUT2D eigenvalue weighted by Crippen LogP contribution is -1.69. The third-order valence-electron chi connectivity index (χ3n) is 1.16. The Morgan fingerprint density at radius 1 is 1.31 bits per heavy atom. The number of phenolic OH excluding ortho intramolecular Hbond substituents is 1. The quantitative estimate of drug-likeness (QED) is 0.601. The Hall–Kier alpha value is -1.09. The van der Waals surface area contributed by atoms with Crippen molar-refractivity contribution in [3.63, 3.8) is 0 Å². The van der Waals surface area contributed by atoms with Gasteiger partial charge in [-0.25, -0.2) is 0 Å². The number of para-hydroxylation sites is 1. The second kappa shape index (κ2) is 6.43. The van der Waals surface area contributed by atoms with E-state index in [-0.39, 0.29) is 5.75 Å². The summed E-state index contributed by atoms with van der Waals surface area (Å²) in [6, 6.07) is 7.08. The lowest BCUT2D eigenvalue weighted by molar-refractivity contribution is 0.405. The van der Waals surface area contributed by atoms with Crippen LogP contribution in [0.25, 0.3) is 6.08 Å². The van der Waals surface area contributed by atoms with Gasteiger partial charge in [-0.05, 0) is 6.07 Å². The monoisotopic (exact) mass is 202 g/mol. The molecule has 0 aromatic heterocycles. The summed E-state index contributed by atoms with van der Waals surface area (Å²) in [6.07, 6.45) is 1.62. The molecule has 0 bridgehead atoms. The maximum Gasteiger partial charge on any atom is 0.314 e. The average Bonchev–Trinajstić information content (AvgIpc) is 2.04. The molecule has 0 aliphatic rings. The first-order chi connectivity index (χ1) is 6.07. The molecule has 0 radical (unpaired) electrons. The van der Waals surface area contributed by atoms with Crippen LogP contribution < -0.4 is 0 Å². The van der Waals surface area contributed by atoms with Gasteiger partial charge in [0.2, 0.25) is 0 Å². The van der Waals surface area contributed by atoms with Gasteiger partial charge in [-0.3, -0.25) is 4.57 Å². The van der Waals surface area contributed by atoms with E-state index in [4.69, 9.17) is 19.5 Å². The molecule has 5 heteroatoms. The molecule has 1 rings (SSSR count). The molecule has 0 atom stereocenters. The van der Waals surface area contributed by atoms with E-state index in [9.17, 15) is 0 Å². The Labute approximate surface area is 76.7 Å². The van der Waals surface area contributed by atoms with E-state index in [2.05, 4.69) is 6.58 Å². The largest absolute Gasteiger partial charge is 0.507 e. The molecule has 0 unspecified atom stereocenters. The number of phenols is 1. The van der Waals surface area contributed by atoms with Crippen molar-refractivity contribution < 1.29 is 19.5 Å². The molecular weight excluding hydrogens is 191 g/mol. The van der Waals surface area contributed by atoms with Crippen molar-refractivity contribution in [3.05, 3.63) is 36.4 Å². The summed E-state index contributed by atoms with van der Waals surface area (Å²) in [6.45, 7) is 3.53. The molecule has 4 nitrogen and oxygen atoms in total. The summed E-state index contributed by atoms with van der Waals surface area (Å²) in [7, 11) is -3.13. The van der Waals surface area contributed by atoms with Gasteiger partial charge in [0.05, 0.1) is 0 Å². The van der Waals surface area contributed by atoms with E-state index < -0.39 is 8.25 Å². The second-order valence-corrected chi connectivity index (χ2v) is 2.61. The van der Waals surface area contributed by atoms with Gasteiger partial charge in [-0.1, -0.05) is 30.9 Å². The van der Waals surface area contributed by atoms with E-state index in [1.165, 1.54) is 0 Å². The highest BCUT2D eigenvalue weighted by molar-refractivity contribution is 7.30. The highest BCUT2D eigenvalue weighted by atomic mass is 31.1. The summed E-state index contributed by atoms with van der Waals surface area (Å²) in [5.74, 6) is 0.285. The first-order valence-electron chi connectivity index (χ1n) is 3.40. The van der Waals surface area contributed by atoms with Gasteiger partial charge in [0.25, 0.3) is 0 Å². The molecule has 13 heavy (non-hydrogen) atoms. The molecule has 0 saturated carbocycles. The van der Waals surface area contributed by atoms with E-state index in [0.29, 0.717) is 0 Å². The van der Waals surface area contributed by atoms with Crippen molar-refractivity contribution in [1.82, 2.24) is 0 Å². The standard InChI is InChI=1S/C8H8O.H3O3P/c1-2-7-5-3-4-6-8(7)9;1-4(2)3/h2-6,9H,1H2;4H,(H2,1,2,3). The Kier molecular flexibility index (Phi) is 5.89. The van der Waals surface area contributed by atoms with Crippen molar-refractivity contribution in [1.29, 1.82) is 0 Å². The fourth-order valence-corrected chi connectivity index (χ4v) is 0.660. The maximum atomic E-state index is 9.04.